The van der Waals surface area contributed by atoms with Crippen molar-refractivity contribution >= 4 is 37.5 Å². The lowest BCUT2D eigenvalue weighted by atomic mass is 10.2. The fraction of sp³-hybridized carbons (Fsp3) is 0.0833. The van der Waals surface area contributed by atoms with Crippen LogP contribution in [0.4, 0.5) is 14.5 Å². The summed E-state index contributed by atoms with van der Waals surface area (Å²) < 4.78 is 53.4. The number of aromatic nitrogens is 2. The fourth-order valence-electron chi connectivity index (χ4n) is 3.66. The van der Waals surface area contributed by atoms with Gasteiger partial charge in [0.2, 0.25) is 0 Å². The number of aromatic amines is 1. The summed E-state index contributed by atoms with van der Waals surface area (Å²) in [5, 5.41) is 12.0. The van der Waals surface area contributed by atoms with Gasteiger partial charge < -0.3 is 4.98 Å². The van der Waals surface area contributed by atoms with E-state index in [1.54, 1.807) is 19.2 Å². The van der Waals surface area contributed by atoms with Gasteiger partial charge in [-0.2, -0.15) is 0 Å². The number of nitro groups is 1. The number of nitrogens with one attached hydrogen (secondary N) is 1. The molecule has 0 atom stereocenters. The topological polar surface area (TPSA) is 98.0 Å². The van der Waals surface area contributed by atoms with Gasteiger partial charge in [0, 0.05) is 35.3 Å². The van der Waals surface area contributed by atoms with E-state index in [0.29, 0.717) is 16.5 Å². The number of H-pyrrole nitrogens is 1. The second-order valence-corrected chi connectivity index (χ2v) is 9.56. The maximum absolute atomic E-state index is 14.2. The minimum atomic E-state index is -4.05. The van der Waals surface area contributed by atoms with Gasteiger partial charge >= 0.3 is 0 Å². The predicted octanol–water partition coefficient (Wildman–Crippen LogP) is 5.85. The van der Waals surface area contributed by atoms with E-state index in [9.17, 15) is 27.3 Å². The van der Waals surface area contributed by atoms with Gasteiger partial charge in [0.25, 0.3) is 15.7 Å². The fourth-order valence-corrected chi connectivity index (χ4v) is 5.03. The van der Waals surface area contributed by atoms with Crippen LogP contribution in [0.15, 0.2) is 78.0 Å². The number of rotatable bonds is 3. The number of nitro benzene ring substituents is 1. The van der Waals surface area contributed by atoms with Crippen LogP contribution >= 0.6 is 0 Å². The molecule has 174 valence electrons. The van der Waals surface area contributed by atoms with Crippen LogP contribution in [0.5, 0.6) is 0 Å². The smallest absolute Gasteiger partial charge is 0.269 e. The van der Waals surface area contributed by atoms with Crippen molar-refractivity contribution in [3.8, 4) is 0 Å². The first-order valence-corrected chi connectivity index (χ1v) is 11.5. The lowest BCUT2D eigenvalue weighted by Gasteiger charge is -2.08. The van der Waals surface area contributed by atoms with Crippen LogP contribution in [0.3, 0.4) is 0 Å². The van der Waals surface area contributed by atoms with Crippen LogP contribution in [-0.4, -0.2) is 22.3 Å². The molecule has 0 spiro atoms. The van der Waals surface area contributed by atoms with Gasteiger partial charge in [0.05, 0.1) is 20.9 Å². The molecule has 0 aliphatic carbocycles. The Morgan fingerprint density at radius 2 is 1.50 bits per heavy atom. The van der Waals surface area contributed by atoms with Crippen molar-refractivity contribution in [1.82, 2.24) is 8.96 Å². The molecule has 0 saturated carbocycles. The number of hydrogen-bond acceptors (Lipinski definition) is 4. The summed E-state index contributed by atoms with van der Waals surface area (Å²) in [6.45, 7) is 3.60. The summed E-state index contributed by atoms with van der Waals surface area (Å²) >= 11 is 0. The molecule has 5 aromatic rings. The third-order valence-electron chi connectivity index (χ3n) is 5.21. The third-order valence-corrected chi connectivity index (χ3v) is 6.90. The Kier molecular flexibility index (Phi) is 5.92. The van der Waals surface area contributed by atoms with E-state index >= 15 is 0 Å². The van der Waals surface area contributed by atoms with Gasteiger partial charge in [-0.25, -0.2) is 21.2 Å². The molecule has 3 aromatic carbocycles. The summed E-state index contributed by atoms with van der Waals surface area (Å²) in [6.07, 6.45) is 3.01. The summed E-state index contributed by atoms with van der Waals surface area (Å²) in [5.41, 5.74) is 1.96. The molecule has 7 nitrogen and oxygen atoms in total. The number of halogens is 2. The highest BCUT2D eigenvalue weighted by Gasteiger charge is 2.22. The molecule has 0 unspecified atom stereocenters. The SMILES string of the molecule is Cc1cc(F)c2[nH]ccc2c1.Cc1cc(F)c2c(ccn2S(=O)(=O)c2ccc([N+](=O)[O-])cc2)c1. The van der Waals surface area contributed by atoms with E-state index in [0.717, 1.165) is 39.2 Å². The average Bonchev–Trinajstić information content (AvgIpc) is 3.42. The van der Waals surface area contributed by atoms with Crippen molar-refractivity contribution in [2.75, 3.05) is 0 Å². The molecule has 0 bridgehead atoms. The maximum atomic E-state index is 14.2. The van der Waals surface area contributed by atoms with Gasteiger partial charge in [-0.3, -0.25) is 10.1 Å². The van der Waals surface area contributed by atoms with Crippen LogP contribution in [0.25, 0.3) is 21.8 Å². The van der Waals surface area contributed by atoms with Crippen molar-refractivity contribution in [2.24, 2.45) is 0 Å². The Morgan fingerprint density at radius 1 is 0.882 bits per heavy atom. The van der Waals surface area contributed by atoms with Crippen LogP contribution in [-0.2, 0) is 10.0 Å². The molecule has 2 aromatic heterocycles. The van der Waals surface area contributed by atoms with E-state index < -0.39 is 20.8 Å². The molecule has 0 fully saturated rings. The molecule has 0 amide bonds. The number of non-ortho nitro benzene ring substituents is 1. The molecule has 5 rings (SSSR count). The van der Waals surface area contributed by atoms with Gasteiger partial charge in [-0.1, -0.05) is 0 Å². The van der Waals surface area contributed by atoms with Crippen molar-refractivity contribution in [3.05, 3.63) is 106 Å². The van der Waals surface area contributed by atoms with Gasteiger partial charge in [-0.15, -0.1) is 0 Å². The average molecular weight is 483 g/mol. The van der Waals surface area contributed by atoms with E-state index in [4.69, 9.17) is 0 Å². The van der Waals surface area contributed by atoms with Gasteiger partial charge in [-0.05, 0) is 73.5 Å². The summed E-state index contributed by atoms with van der Waals surface area (Å²) in [6, 6.07) is 14.2. The Hall–Kier alpha value is -4.05. The highest BCUT2D eigenvalue weighted by molar-refractivity contribution is 7.90. The van der Waals surface area contributed by atoms with Crippen LogP contribution < -0.4 is 0 Å². The monoisotopic (exact) mass is 483 g/mol. The van der Waals surface area contributed by atoms with Crippen molar-refractivity contribution in [2.45, 2.75) is 18.7 Å². The third kappa shape index (κ3) is 4.27. The van der Waals surface area contributed by atoms with Crippen LogP contribution in [0.2, 0.25) is 0 Å². The number of aryl methyl sites for hydroxylation is 2. The first kappa shape index (κ1) is 23.1. The summed E-state index contributed by atoms with van der Waals surface area (Å²) in [5.74, 6) is -0.819. The van der Waals surface area contributed by atoms with Crippen LogP contribution in [0.1, 0.15) is 11.1 Å². The Morgan fingerprint density at radius 3 is 2.15 bits per heavy atom. The van der Waals surface area contributed by atoms with E-state index in [1.807, 2.05) is 19.1 Å². The highest BCUT2D eigenvalue weighted by Crippen LogP contribution is 2.26. The second kappa shape index (κ2) is 8.71. The number of fused-ring (bicyclic) bond motifs is 2. The molecule has 10 heteroatoms. The first-order valence-electron chi connectivity index (χ1n) is 10.1. The van der Waals surface area contributed by atoms with Crippen molar-refractivity contribution in [3.63, 3.8) is 0 Å². The lowest BCUT2D eigenvalue weighted by molar-refractivity contribution is -0.384. The lowest BCUT2D eigenvalue weighted by Crippen LogP contribution is -2.12. The molecule has 1 N–H and O–H groups in total. The molecular weight excluding hydrogens is 464 g/mol. The predicted molar refractivity (Wildman–Crippen MR) is 125 cm³/mol. The second-order valence-electron chi connectivity index (χ2n) is 7.74. The zero-order valence-electron chi connectivity index (χ0n) is 18.1. The zero-order valence-corrected chi connectivity index (χ0v) is 18.9. The molecular formula is C24H19F2N3O4S. The first-order chi connectivity index (χ1) is 16.1. The summed E-state index contributed by atoms with van der Waals surface area (Å²) in [7, 11) is -4.05. The molecule has 0 saturated heterocycles. The minimum Gasteiger partial charge on any atom is -0.359 e. The Labute approximate surface area is 193 Å². The minimum absolute atomic E-state index is 0.0473. The maximum Gasteiger partial charge on any atom is 0.269 e. The van der Waals surface area contributed by atoms with E-state index in [-0.39, 0.29) is 21.9 Å². The molecule has 0 aliphatic rings. The quantitative estimate of drug-likeness (QED) is 0.257. The van der Waals surface area contributed by atoms with Gasteiger partial charge in [0.15, 0.2) is 0 Å². The molecule has 2 heterocycles. The molecule has 0 aliphatic heterocycles. The number of hydrogen-bond donors (Lipinski definition) is 1. The van der Waals surface area contributed by atoms with E-state index in [1.165, 1.54) is 24.4 Å². The Balaban J connectivity index is 0.000000207. The van der Waals surface area contributed by atoms with Crippen LogP contribution in [0, 0.1) is 35.6 Å². The summed E-state index contributed by atoms with van der Waals surface area (Å²) in [4.78, 5) is 12.7. The zero-order chi connectivity index (χ0) is 24.6. The largest absolute Gasteiger partial charge is 0.359 e. The highest BCUT2D eigenvalue weighted by atomic mass is 32.2. The van der Waals surface area contributed by atoms with E-state index in [2.05, 4.69) is 4.98 Å². The molecule has 0 radical (unpaired) electrons. The van der Waals surface area contributed by atoms with Gasteiger partial charge in [0.1, 0.15) is 11.6 Å². The number of benzene rings is 3. The Bertz CT molecular complexity index is 1640. The normalized spacial score (nSPS) is 11.4. The standard InChI is InChI=1S/C15H11FN2O4S.C9H8FN/c1-10-8-11-6-7-17(15(11)14(16)9-10)23(21,22)13-4-2-12(3-5-13)18(19)20;1-6-4-7-2-3-11-9(7)8(10)5-6/h2-9H,1H3;2-5,11H,1H3. The van der Waals surface area contributed by atoms with Crippen molar-refractivity contribution in [1.29, 1.82) is 0 Å². The molecule has 34 heavy (non-hydrogen) atoms. The van der Waals surface area contributed by atoms with Crippen molar-refractivity contribution < 1.29 is 22.1 Å². The number of nitrogens with zero attached hydrogens (tertiary/aromatic N) is 2.